The van der Waals surface area contributed by atoms with Crippen molar-refractivity contribution in [3.05, 3.63) is 89.2 Å². The second-order valence-electron chi connectivity index (χ2n) is 6.52. The van der Waals surface area contributed by atoms with Crippen LogP contribution in [0.5, 0.6) is 0 Å². The Bertz CT molecular complexity index is 983. The molecule has 0 unspecified atom stereocenters. The summed E-state index contributed by atoms with van der Waals surface area (Å²) < 4.78 is 4.95. The Balaban J connectivity index is 1.61. The molecule has 3 rings (SSSR count). The van der Waals surface area contributed by atoms with Crippen molar-refractivity contribution in [3.8, 4) is 0 Å². The van der Waals surface area contributed by atoms with Gasteiger partial charge in [0.05, 0.1) is 12.2 Å². The summed E-state index contributed by atoms with van der Waals surface area (Å²) in [7, 11) is 0. The molecule has 0 aliphatic heterocycles. The Morgan fingerprint density at radius 2 is 1.69 bits per heavy atom. The van der Waals surface area contributed by atoms with Gasteiger partial charge in [-0.25, -0.2) is 4.79 Å². The smallest absolute Gasteiger partial charge is 0.338 e. The van der Waals surface area contributed by atoms with E-state index < -0.39 is 0 Å². The highest BCUT2D eigenvalue weighted by atomic mass is 16.5. The lowest BCUT2D eigenvalue weighted by molar-refractivity contribution is 0.0526. The molecule has 3 aromatic rings. The zero-order chi connectivity index (χ0) is 20.6. The summed E-state index contributed by atoms with van der Waals surface area (Å²) in [6.45, 7) is 4.77. The van der Waals surface area contributed by atoms with Crippen LogP contribution in [0.25, 0.3) is 0 Å². The van der Waals surface area contributed by atoms with Gasteiger partial charge in [0.25, 0.3) is 5.91 Å². The van der Waals surface area contributed by atoms with Gasteiger partial charge in [-0.2, -0.15) is 0 Å². The Hall–Kier alpha value is -3.67. The molecule has 0 spiro atoms. The van der Waals surface area contributed by atoms with Crippen LogP contribution >= 0.6 is 0 Å². The van der Waals surface area contributed by atoms with Crippen molar-refractivity contribution >= 4 is 23.3 Å². The van der Waals surface area contributed by atoms with Gasteiger partial charge in [0, 0.05) is 24.1 Å². The number of nitrogens with one attached hydrogen (secondary N) is 2. The standard InChI is InChI=1S/C23H23N3O3/c1-3-29-23(28)18-8-10-19(11-9-18)26-22(27)21-14-20(12-13-24-21)25-15-17-6-4-16(2)5-7-17/h4-14H,3,15H2,1-2H3,(H,24,25)(H,26,27). The van der Waals surface area contributed by atoms with Gasteiger partial charge in [0.1, 0.15) is 5.69 Å². The van der Waals surface area contributed by atoms with Crippen LogP contribution in [0.2, 0.25) is 0 Å². The Morgan fingerprint density at radius 3 is 2.38 bits per heavy atom. The monoisotopic (exact) mass is 389 g/mol. The minimum atomic E-state index is -0.389. The van der Waals surface area contributed by atoms with Crippen LogP contribution in [0.1, 0.15) is 38.9 Å². The molecule has 0 saturated carbocycles. The van der Waals surface area contributed by atoms with Crippen LogP contribution in [0, 0.1) is 6.92 Å². The van der Waals surface area contributed by atoms with Crippen LogP contribution in [-0.4, -0.2) is 23.5 Å². The highest BCUT2D eigenvalue weighted by molar-refractivity contribution is 6.03. The zero-order valence-electron chi connectivity index (χ0n) is 16.4. The van der Waals surface area contributed by atoms with E-state index in [4.69, 9.17) is 4.74 Å². The summed E-state index contributed by atoms with van der Waals surface area (Å²) >= 11 is 0. The summed E-state index contributed by atoms with van der Waals surface area (Å²) in [4.78, 5) is 28.3. The van der Waals surface area contributed by atoms with Crippen LogP contribution in [0.3, 0.4) is 0 Å². The zero-order valence-corrected chi connectivity index (χ0v) is 16.4. The fraction of sp³-hybridized carbons (Fsp3) is 0.174. The van der Waals surface area contributed by atoms with E-state index in [0.29, 0.717) is 30.1 Å². The molecule has 1 amide bonds. The number of esters is 1. The lowest BCUT2D eigenvalue weighted by atomic mass is 10.1. The Labute approximate surface area is 169 Å². The molecule has 6 nitrogen and oxygen atoms in total. The number of aryl methyl sites for hydroxylation is 1. The van der Waals surface area contributed by atoms with Crippen molar-refractivity contribution < 1.29 is 14.3 Å². The van der Waals surface area contributed by atoms with Crippen LogP contribution < -0.4 is 10.6 Å². The number of ether oxygens (including phenoxy) is 1. The molecule has 0 atom stereocenters. The average molecular weight is 389 g/mol. The molecule has 148 valence electrons. The van der Waals surface area contributed by atoms with Crippen LogP contribution in [0.4, 0.5) is 11.4 Å². The van der Waals surface area contributed by atoms with E-state index >= 15 is 0 Å². The maximum atomic E-state index is 12.5. The van der Waals surface area contributed by atoms with E-state index in [2.05, 4.69) is 46.8 Å². The first-order chi connectivity index (χ1) is 14.0. The minimum Gasteiger partial charge on any atom is -0.462 e. The molecule has 1 heterocycles. The number of hydrogen-bond donors (Lipinski definition) is 2. The molecule has 0 radical (unpaired) electrons. The summed E-state index contributed by atoms with van der Waals surface area (Å²) in [5.74, 6) is -0.715. The number of hydrogen-bond acceptors (Lipinski definition) is 5. The first kappa shape index (κ1) is 20.1. The molecule has 0 aliphatic carbocycles. The first-order valence-electron chi connectivity index (χ1n) is 9.39. The van der Waals surface area contributed by atoms with Crippen molar-refractivity contribution in [2.45, 2.75) is 20.4 Å². The largest absolute Gasteiger partial charge is 0.462 e. The summed E-state index contributed by atoms with van der Waals surface area (Å²) in [6.07, 6.45) is 1.59. The Morgan fingerprint density at radius 1 is 0.966 bits per heavy atom. The number of pyridine rings is 1. The van der Waals surface area contributed by atoms with Crippen LogP contribution in [-0.2, 0) is 11.3 Å². The molecule has 0 fully saturated rings. The molecule has 6 heteroatoms. The van der Waals surface area contributed by atoms with Crippen molar-refractivity contribution in [2.75, 3.05) is 17.2 Å². The number of nitrogens with zero attached hydrogens (tertiary/aromatic N) is 1. The van der Waals surface area contributed by atoms with Crippen molar-refractivity contribution in [1.29, 1.82) is 0 Å². The van der Waals surface area contributed by atoms with E-state index in [1.807, 2.05) is 6.07 Å². The number of benzene rings is 2. The highest BCUT2D eigenvalue weighted by Crippen LogP contribution is 2.14. The predicted molar refractivity (Wildman–Crippen MR) is 113 cm³/mol. The predicted octanol–water partition coefficient (Wildman–Crippen LogP) is 4.43. The maximum Gasteiger partial charge on any atom is 0.338 e. The van der Waals surface area contributed by atoms with Crippen molar-refractivity contribution in [1.82, 2.24) is 4.98 Å². The van der Waals surface area contributed by atoms with E-state index in [1.54, 1.807) is 43.5 Å². The van der Waals surface area contributed by atoms with E-state index in [0.717, 1.165) is 11.3 Å². The normalized spacial score (nSPS) is 10.3. The highest BCUT2D eigenvalue weighted by Gasteiger charge is 2.10. The summed E-state index contributed by atoms with van der Waals surface area (Å²) in [6, 6.07) is 18.3. The number of rotatable bonds is 7. The molecule has 2 aromatic carbocycles. The molecule has 29 heavy (non-hydrogen) atoms. The fourth-order valence-corrected chi connectivity index (χ4v) is 2.67. The number of anilines is 2. The quantitative estimate of drug-likeness (QED) is 0.584. The van der Waals surface area contributed by atoms with Crippen molar-refractivity contribution in [2.24, 2.45) is 0 Å². The van der Waals surface area contributed by atoms with Gasteiger partial charge < -0.3 is 15.4 Å². The fourth-order valence-electron chi connectivity index (χ4n) is 2.67. The molecule has 0 aliphatic rings. The lowest BCUT2D eigenvalue weighted by Gasteiger charge is -2.09. The molecular formula is C23H23N3O3. The topological polar surface area (TPSA) is 80.3 Å². The minimum absolute atomic E-state index is 0.299. The van der Waals surface area contributed by atoms with Gasteiger partial charge in [-0.3, -0.25) is 9.78 Å². The molecular weight excluding hydrogens is 366 g/mol. The van der Waals surface area contributed by atoms with Gasteiger partial charge in [-0.1, -0.05) is 29.8 Å². The third kappa shape index (κ3) is 5.65. The van der Waals surface area contributed by atoms with Gasteiger partial charge in [-0.15, -0.1) is 0 Å². The SMILES string of the molecule is CCOC(=O)c1ccc(NC(=O)c2cc(NCc3ccc(C)cc3)ccn2)cc1. The van der Waals surface area contributed by atoms with Gasteiger partial charge in [-0.05, 0) is 55.8 Å². The van der Waals surface area contributed by atoms with Gasteiger partial charge in [0.15, 0.2) is 0 Å². The first-order valence-corrected chi connectivity index (χ1v) is 9.39. The van der Waals surface area contributed by atoms with E-state index in [9.17, 15) is 9.59 Å². The second-order valence-corrected chi connectivity index (χ2v) is 6.52. The van der Waals surface area contributed by atoms with Crippen molar-refractivity contribution in [3.63, 3.8) is 0 Å². The third-order valence-electron chi connectivity index (χ3n) is 4.26. The second kappa shape index (κ2) is 9.50. The molecule has 0 bridgehead atoms. The van der Waals surface area contributed by atoms with E-state index in [-0.39, 0.29) is 11.9 Å². The molecule has 0 saturated heterocycles. The Kier molecular flexibility index (Phi) is 6.58. The number of carbonyl (C=O) groups is 2. The number of amides is 1. The molecule has 1 aromatic heterocycles. The van der Waals surface area contributed by atoms with E-state index in [1.165, 1.54) is 5.56 Å². The van der Waals surface area contributed by atoms with Gasteiger partial charge in [0.2, 0.25) is 0 Å². The summed E-state index contributed by atoms with van der Waals surface area (Å²) in [5.41, 5.74) is 4.48. The van der Waals surface area contributed by atoms with Crippen LogP contribution in [0.15, 0.2) is 66.9 Å². The summed E-state index contributed by atoms with van der Waals surface area (Å²) in [5, 5.41) is 6.08. The maximum absolute atomic E-state index is 12.5. The van der Waals surface area contributed by atoms with Gasteiger partial charge >= 0.3 is 5.97 Å². The third-order valence-corrected chi connectivity index (χ3v) is 4.26. The lowest BCUT2D eigenvalue weighted by Crippen LogP contribution is -2.14. The average Bonchev–Trinajstić information content (AvgIpc) is 2.74. The molecule has 2 N–H and O–H groups in total. The number of aromatic nitrogens is 1. The number of carbonyl (C=O) groups excluding carboxylic acids is 2.